The highest BCUT2D eigenvalue weighted by Gasteiger charge is 2.19. The molecule has 23 heavy (non-hydrogen) atoms. The van der Waals surface area contributed by atoms with Gasteiger partial charge in [0, 0.05) is 19.2 Å². The third-order valence-corrected chi connectivity index (χ3v) is 3.32. The molecule has 0 saturated carbocycles. The summed E-state index contributed by atoms with van der Waals surface area (Å²) < 4.78 is 0. The van der Waals surface area contributed by atoms with Crippen LogP contribution in [0.5, 0.6) is 0 Å². The smallest absolute Gasteiger partial charge is 0.247 e. The molecule has 0 aliphatic rings. The van der Waals surface area contributed by atoms with Gasteiger partial charge in [-0.1, -0.05) is 17.7 Å². The average molecular weight is 317 g/mol. The second kappa shape index (κ2) is 9.10. The number of benzene rings is 1. The number of rotatable bonds is 8. The summed E-state index contributed by atoms with van der Waals surface area (Å²) in [5, 5.41) is 5.50. The summed E-state index contributed by atoms with van der Waals surface area (Å²) in [7, 11) is 4.08. The highest BCUT2D eigenvalue weighted by Crippen LogP contribution is 2.12. The Morgan fingerprint density at radius 1 is 1.17 bits per heavy atom. The number of nitrogens with zero attached hydrogens (tertiary/aromatic N) is 1. The van der Waals surface area contributed by atoms with Crippen LogP contribution in [0.1, 0.15) is 25.8 Å². The molecule has 2 N–H and O–H groups in total. The minimum atomic E-state index is -0.599. The molecule has 0 fully saturated rings. The Labute approximate surface area is 138 Å². The Morgan fingerprint density at radius 3 is 2.26 bits per heavy atom. The molecule has 5 nitrogen and oxygen atoms in total. The van der Waals surface area contributed by atoms with Crippen LogP contribution in [0.25, 0.3) is 0 Å². The lowest BCUT2D eigenvalue weighted by atomic mass is 10.1. The standard InChI is InChI=1S/C18H27N3O2/c1-13(2)12-17(19-14(3)22)18(23)20-16-8-6-15(7-9-16)10-11-21(4)5/h6-9,17H,1,10-12H2,2-5H3,(H,19,22)(H,20,23). The van der Waals surface area contributed by atoms with E-state index < -0.39 is 6.04 Å². The van der Waals surface area contributed by atoms with Crippen molar-refractivity contribution in [3.8, 4) is 0 Å². The number of carbonyl (C=O) groups is 2. The van der Waals surface area contributed by atoms with Crippen molar-refractivity contribution in [3.05, 3.63) is 42.0 Å². The van der Waals surface area contributed by atoms with E-state index >= 15 is 0 Å². The highest BCUT2D eigenvalue weighted by atomic mass is 16.2. The molecule has 5 heteroatoms. The number of nitrogens with one attached hydrogen (secondary N) is 2. The summed E-state index contributed by atoms with van der Waals surface area (Å²) in [6, 6.07) is 7.18. The molecule has 0 radical (unpaired) electrons. The second-order valence-electron chi connectivity index (χ2n) is 6.15. The molecule has 0 saturated heterocycles. The van der Waals surface area contributed by atoms with E-state index in [1.807, 2.05) is 45.3 Å². The molecule has 0 aliphatic carbocycles. The third kappa shape index (κ3) is 7.61. The zero-order valence-electron chi connectivity index (χ0n) is 14.5. The lowest BCUT2D eigenvalue weighted by molar-refractivity contribution is -0.125. The topological polar surface area (TPSA) is 61.4 Å². The van der Waals surface area contributed by atoms with Crippen molar-refractivity contribution in [2.75, 3.05) is 26.0 Å². The fourth-order valence-corrected chi connectivity index (χ4v) is 2.14. The molecular formula is C18H27N3O2. The molecule has 1 aromatic rings. The van der Waals surface area contributed by atoms with Gasteiger partial charge in [-0.2, -0.15) is 0 Å². The monoisotopic (exact) mass is 317 g/mol. The van der Waals surface area contributed by atoms with Crippen LogP contribution in [0.4, 0.5) is 5.69 Å². The molecule has 2 amide bonds. The third-order valence-electron chi connectivity index (χ3n) is 3.32. The van der Waals surface area contributed by atoms with Crippen molar-refractivity contribution in [1.29, 1.82) is 0 Å². The van der Waals surface area contributed by atoms with Gasteiger partial charge >= 0.3 is 0 Å². The molecule has 1 rings (SSSR count). The maximum atomic E-state index is 12.3. The van der Waals surface area contributed by atoms with Crippen LogP contribution >= 0.6 is 0 Å². The fourth-order valence-electron chi connectivity index (χ4n) is 2.14. The van der Waals surface area contributed by atoms with Gasteiger partial charge in [0.2, 0.25) is 11.8 Å². The quantitative estimate of drug-likeness (QED) is 0.723. The van der Waals surface area contributed by atoms with E-state index in [0.29, 0.717) is 6.42 Å². The molecule has 1 atom stereocenters. The van der Waals surface area contributed by atoms with E-state index in [1.165, 1.54) is 12.5 Å². The summed E-state index contributed by atoms with van der Waals surface area (Å²) in [6.45, 7) is 8.02. The van der Waals surface area contributed by atoms with E-state index in [4.69, 9.17) is 0 Å². The number of hydrogen-bond acceptors (Lipinski definition) is 3. The van der Waals surface area contributed by atoms with Gasteiger partial charge in [0.15, 0.2) is 0 Å². The van der Waals surface area contributed by atoms with E-state index in [-0.39, 0.29) is 11.8 Å². The number of amides is 2. The zero-order valence-corrected chi connectivity index (χ0v) is 14.5. The molecule has 126 valence electrons. The molecule has 0 heterocycles. The zero-order chi connectivity index (χ0) is 17.4. The van der Waals surface area contributed by atoms with Gasteiger partial charge in [0.25, 0.3) is 0 Å². The first-order valence-corrected chi connectivity index (χ1v) is 7.74. The summed E-state index contributed by atoms with van der Waals surface area (Å²) in [5.41, 5.74) is 2.79. The van der Waals surface area contributed by atoms with Crippen LogP contribution < -0.4 is 10.6 Å². The highest BCUT2D eigenvalue weighted by molar-refractivity contribution is 5.97. The molecular weight excluding hydrogens is 290 g/mol. The van der Waals surface area contributed by atoms with Crippen molar-refractivity contribution >= 4 is 17.5 Å². The van der Waals surface area contributed by atoms with Crippen LogP contribution in [0.3, 0.4) is 0 Å². The van der Waals surface area contributed by atoms with Crippen molar-refractivity contribution in [3.63, 3.8) is 0 Å². The predicted octanol–water partition coefficient (Wildman–Crippen LogP) is 2.20. The largest absolute Gasteiger partial charge is 0.344 e. The number of anilines is 1. The SMILES string of the molecule is C=C(C)CC(NC(C)=O)C(=O)Nc1ccc(CCN(C)C)cc1. The van der Waals surface area contributed by atoms with Gasteiger partial charge in [-0.3, -0.25) is 9.59 Å². The second-order valence-corrected chi connectivity index (χ2v) is 6.15. The van der Waals surface area contributed by atoms with Crippen molar-refractivity contribution in [2.24, 2.45) is 0 Å². The van der Waals surface area contributed by atoms with Crippen LogP contribution in [-0.4, -0.2) is 43.4 Å². The summed E-state index contributed by atoms with van der Waals surface area (Å²) >= 11 is 0. The van der Waals surface area contributed by atoms with Gasteiger partial charge in [-0.05, 0) is 51.6 Å². The minimum absolute atomic E-state index is 0.231. The predicted molar refractivity (Wildman–Crippen MR) is 94.4 cm³/mol. The molecule has 1 unspecified atom stereocenters. The molecule has 0 bridgehead atoms. The lowest BCUT2D eigenvalue weighted by Gasteiger charge is -2.18. The normalized spacial score (nSPS) is 11.9. The lowest BCUT2D eigenvalue weighted by Crippen LogP contribution is -2.43. The van der Waals surface area contributed by atoms with Gasteiger partial charge in [0.1, 0.15) is 6.04 Å². The van der Waals surface area contributed by atoms with Crippen molar-refractivity contribution in [1.82, 2.24) is 10.2 Å². The first-order chi connectivity index (χ1) is 10.8. The van der Waals surface area contributed by atoms with Crippen molar-refractivity contribution in [2.45, 2.75) is 32.7 Å². The molecule has 0 aliphatic heterocycles. The van der Waals surface area contributed by atoms with Crippen LogP contribution in [0, 0.1) is 0 Å². The maximum absolute atomic E-state index is 12.3. The minimum Gasteiger partial charge on any atom is -0.344 e. The summed E-state index contributed by atoms with van der Waals surface area (Å²) in [6.07, 6.45) is 1.39. The Bertz CT molecular complexity index is 534. The Hall–Kier alpha value is -2.14. The number of carbonyl (C=O) groups excluding carboxylic acids is 2. The van der Waals surface area contributed by atoms with E-state index in [9.17, 15) is 9.59 Å². The average Bonchev–Trinajstić information content (AvgIpc) is 2.44. The van der Waals surface area contributed by atoms with Crippen LogP contribution in [0.2, 0.25) is 0 Å². The van der Waals surface area contributed by atoms with Gasteiger partial charge in [-0.25, -0.2) is 0 Å². The molecule has 0 spiro atoms. The van der Waals surface area contributed by atoms with Gasteiger partial charge < -0.3 is 15.5 Å². The number of likely N-dealkylation sites (N-methyl/N-ethyl adjacent to an activating group) is 1. The first-order valence-electron chi connectivity index (χ1n) is 7.74. The summed E-state index contributed by atoms with van der Waals surface area (Å²) in [5.74, 6) is -0.463. The summed E-state index contributed by atoms with van der Waals surface area (Å²) in [4.78, 5) is 25.7. The van der Waals surface area contributed by atoms with Crippen LogP contribution in [0.15, 0.2) is 36.4 Å². The first kappa shape index (κ1) is 18.9. The molecule has 1 aromatic carbocycles. The van der Waals surface area contributed by atoms with E-state index in [2.05, 4.69) is 22.1 Å². The maximum Gasteiger partial charge on any atom is 0.247 e. The Kier molecular flexibility index (Phi) is 7.48. The molecule has 0 aromatic heterocycles. The Balaban J connectivity index is 2.66. The van der Waals surface area contributed by atoms with Crippen LogP contribution in [-0.2, 0) is 16.0 Å². The Morgan fingerprint density at radius 2 is 1.78 bits per heavy atom. The van der Waals surface area contributed by atoms with E-state index in [0.717, 1.165) is 24.2 Å². The van der Waals surface area contributed by atoms with Gasteiger partial charge in [0.05, 0.1) is 0 Å². The van der Waals surface area contributed by atoms with Crippen molar-refractivity contribution < 1.29 is 9.59 Å². The number of hydrogen-bond donors (Lipinski definition) is 2. The van der Waals surface area contributed by atoms with Gasteiger partial charge in [-0.15, -0.1) is 6.58 Å². The van der Waals surface area contributed by atoms with E-state index in [1.54, 1.807) is 0 Å². The fraction of sp³-hybridized carbons (Fsp3) is 0.444.